The van der Waals surface area contributed by atoms with E-state index in [1.165, 1.54) is 4.31 Å². The number of oxime groups is 1. The van der Waals surface area contributed by atoms with Crippen LogP contribution in [0.2, 0.25) is 0 Å². The number of rotatable bonds is 5. The van der Waals surface area contributed by atoms with E-state index in [1.807, 2.05) is 0 Å². The molecule has 0 saturated heterocycles. The molecular weight excluding hydrogens is 266 g/mol. The number of nitrogens with zero attached hydrogens (tertiary/aromatic N) is 2. The maximum absolute atomic E-state index is 12.7. The van der Waals surface area contributed by atoms with Gasteiger partial charge in [0.05, 0.1) is 11.8 Å². The molecule has 2 aliphatic carbocycles. The predicted molar refractivity (Wildman–Crippen MR) is 73.5 cm³/mol. The van der Waals surface area contributed by atoms with Crippen LogP contribution in [0.5, 0.6) is 0 Å². The van der Waals surface area contributed by atoms with Gasteiger partial charge in [-0.15, -0.1) is 0 Å². The Morgan fingerprint density at radius 2 is 1.68 bits per heavy atom. The molecule has 7 heteroatoms. The van der Waals surface area contributed by atoms with Crippen molar-refractivity contribution >= 4 is 15.9 Å². The summed E-state index contributed by atoms with van der Waals surface area (Å²) < 4.78 is 26.9. The number of amidine groups is 1. The second-order valence-electron chi connectivity index (χ2n) is 5.53. The first kappa shape index (κ1) is 14.6. The fourth-order valence-electron chi connectivity index (χ4n) is 3.19. The Kier molecular flexibility index (Phi) is 4.67. The van der Waals surface area contributed by atoms with Crippen molar-refractivity contribution in [1.29, 1.82) is 0 Å². The number of hydrogen-bond acceptors (Lipinski definition) is 4. The largest absolute Gasteiger partial charge is 0.409 e. The van der Waals surface area contributed by atoms with E-state index in [0.29, 0.717) is 0 Å². The van der Waals surface area contributed by atoms with Gasteiger partial charge in [0.1, 0.15) is 0 Å². The summed E-state index contributed by atoms with van der Waals surface area (Å²) in [5, 5.41) is 11.3. The molecule has 0 spiro atoms. The van der Waals surface area contributed by atoms with E-state index in [-0.39, 0.29) is 23.7 Å². The molecular formula is C12H23N3O3S. The zero-order chi connectivity index (χ0) is 13.9. The van der Waals surface area contributed by atoms with Crippen LogP contribution in [0.3, 0.4) is 0 Å². The lowest BCUT2D eigenvalue weighted by Gasteiger charge is -2.30. The molecule has 2 fully saturated rings. The smallest absolute Gasteiger partial charge is 0.217 e. The van der Waals surface area contributed by atoms with Crippen molar-refractivity contribution < 1.29 is 13.6 Å². The molecule has 0 amide bonds. The zero-order valence-corrected chi connectivity index (χ0v) is 12.0. The third-order valence-electron chi connectivity index (χ3n) is 4.23. The highest BCUT2D eigenvalue weighted by molar-refractivity contribution is 7.89. The molecule has 0 unspecified atom stereocenters. The highest BCUT2D eigenvalue weighted by Crippen LogP contribution is 2.32. The molecule has 2 rings (SSSR count). The standard InChI is InChI=1S/C12H23N3O3S/c13-12(14-16)9-15(10-5-1-2-6-10)19(17,18)11-7-3-4-8-11/h10-11,16H,1-9H2,(H2,13,14). The molecule has 0 radical (unpaired) electrons. The van der Waals surface area contributed by atoms with E-state index in [4.69, 9.17) is 10.9 Å². The Balaban J connectivity index is 2.19. The first-order valence-electron chi connectivity index (χ1n) is 7.02. The summed E-state index contributed by atoms with van der Waals surface area (Å²) in [5.74, 6) is -0.0338. The van der Waals surface area contributed by atoms with Crippen molar-refractivity contribution in [1.82, 2.24) is 4.31 Å². The first-order valence-corrected chi connectivity index (χ1v) is 8.53. The van der Waals surface area contributed by atoms with Gasteiger partial charge in [0, 0.05) is 6.04 Å². The van der Waals surface area contributed by atoms with Crippen LogP contribution in [0.4, 0.5) is 0 Å². The van der Waals surface area contributed by atoms with Gasteiger partial charge in [-0.3, -0.25) is 0 Å². The maximum Gasteiger partial charge on any atom is 0.217 e. The van der Waals surface area contributed by atoms with Crippen LogP contribution in [-0.2, 0) is 10.0 Å². The number of nitrogens with two attached hydrogens (primary N) is 1. The summed E-state index contributed by atoms with van der Waals surface area (Å²) in [6.45, 7) is 0.0139. The summed E-state index contributed by atoms with van der Waals surface area (Å²) in [5.41, 5.74) is 5.53. The van der Waals surface area contributed by atoms with Crippen LogP contribution in [0.1, 0.15) is 51.4 Å². The minimum Gasteiger partial charge on any atom is -0.409 e. The summed E-state index contributed by atoms with van der Waals surface area (Å²) in [6.07, 6.45) is 7.30. The second-order valence-corrected chi connectivity index (χ2v) is 7.69. The normalized spacial score (nSPS) is 23.5. The topological polar surface area (TPSA) is 96.0 Å². The fraction of sp³-hybridized carbons (Fsp3) is 0.917. The number of hydrogen-bond donors (Lipinski definition) is 2. The Bertz CT molecular complexity index is 424. The van der Waals surface area contributed by atoms with Crippen molar-refractivity contribution in [2.45, 2.75) is 62.7 Å². The Labute approximate surface area is 114 Å². The summed E-state index contributed by atoms with van der Waals surface area (Å²) >= 11 is 0. The molecule has 6 nitrogen and oxygen atoms in total. The highest BCUT2D eigenvalue weighted by atomic mass is 32.2. The average molecular weight is 289 g/mol. The molecule has 3 N–H and O–H groups in total. The SMILES string of the molecule is NC(CN(C1CCCC1)S(=O)(=O)C1CCCC1)=NO. The lowest BCUT2D eigenvalue weighted by atomic mass is 10.2. The second kappa shape index (κ2) is 6.09. The molecule has 19 heavy (non-hydrogen) atoms. The van der Waals surface area contributed by atoms with Crippen LogP contribution in [0, 0.1) is 0 Å². The lowest BCUT2D eigenvalue weighted by Crippen LogP contribution is -2.47. The van der Waals surface area contributed by atoms with Crippen molar-refractivity contribution in [3.05, 3.63) is 0 Å². The number of sulfonamides is 1. The van der Waals surface area contributed by atoms with Gasteiger partial charge < -0.3 is 10.9 Å². The Morgan fingerprint density at radius 3 is 2.21 bits per heavy atom. The van der Waals surface area contributed by atoms with Gasteiger partial charge in [-0.25, -0.2) is 8.42 Å². The third kappa shape index (κ3) is 3.20. The molecule has 2 saturated carbocycles. The molecule has 0 atom stereocenters. The summed E-state index contributed by atoms with van der Waals surface area (Å²) in [7, 11) is -3.33. The minimum atomic E-state index is -3.33. The van der Waals surface area contributed by atoms with Gasteiger partial charge in [0.15, 0.2) is 5.84 Å². The van der Waals surface area contributed by atoms with E-state index in [1.54, 1.807) is 0 Å². The Hall–Kier alpha value is -0.820. The molecule has 0 aromatic heterocycles. The third-order valence-corrected chi connectivity index (χ3v) is 6.62. The van der Waals surface area contributed by atoms with Gasteiger partial charge in [-0.2, -0.15) is 4.31 Å². The zero-order valence-electron chi connectivity index (χ0n) is 11.2. The molecule has 0 aromatic carbocycles. The van der Waals surface area contributed by atoms with Gasteiger partial charge in [0.2, 0.25) is 10.0 Å². The molecule has 0 aromatic rings. The molecule has 0 aliphatic heterocycles. The Morgan fingerprint density at radius 1 is 1.16 bits per heavy atom. The maximum atomic E-state index is 12.7. The molecule has 2 aliphatic rings. The lowest BCUT2D eigenvalue weighted by molar-refractivity contribution is 0.307. The van der Waals surface area contributed by atoms with Crippen LogP contribution in [0.25, 0.3) is 0 Å². The van der Waals surface area contributed by atoms with Gasteiger partial charge in [0.25, 0.3) is 0 Å². The fourth-order valence-corrected chi connectivity index (χ4v) is 5.44. The van der Waals surface area contributed by atoms with Crippen LogP contribution in [-0.4, -0.2) is 41.6 Å². The average Bonchev–Trinajstić information content (AvgIpc) is 3.07. The monoisotopic (exact) mass is 289 g/mol. The minimum absolute atomic E-state index is 0.0139. The molecule has 0 heterocycles. The van der Waals surface area contributed by atoms with Crippen molar-refractivity contribution in [3.63, 3.8) is 0 Å². The van der Waals surface area contributed by atoms with Gasteiger partial charge in [-0.05, 0) is 25.7 Å². The van der Waals surface area contributed by atoms with Gasteiger partial charge >= 0.3 is 0 Å². The summed E-state index contributed by atoms with van der Waals surface area (Å²) in [6, 6.07) is 0.0194. The van der Waals surface area contributed by atoms with Crippen LogP contribution >= 0.6 is 0 Å². The van der Waals surface area contributed by atoms with Crippen LogP contribution < -0.4 is 5.73 Å². The van der Waals surface area contributed by atoms with E-state index < -0.39 is 10.0 Å². The molecule has 110 valence electrons. The predicted octanol–water partition coefficient (Wildman–Crippen LogP) is 1.25. The van der Waals surface area contributed by atoms with E-state index >= 15 is 0 Å². The first-order chi connectivity index (χ1) is 9.05. The molecule has 0 bridgehead atoms. The van der Waals surface area contributed by atoms with Crippen LogP contribution in [0.15, 0.2) is 5.16 Å². The van der Waals surface area contributed by atoms with Gasteiger partial charge in [-0.1, -0.05) is 30.8 Å². The highest BCUT2D eigenvalue weighted by Gasteiger charge is 2.39. The van der Waals surface area contributed by atoms with E-state index in [2.05, 4.69) is 5.16 Å². The van der Waals surface area contributed by atoms with Crippen molar-refractivity contribution in [2.24, 2.45) is 10.9 Å². The van der Waals surface area contributed by atoms with Crippen molar-refractivity contribution in [2.75, 3.05) is 6.54 Å². The quantitative estimate of drug-likeness (QED) is 0.344. The summed E-state index contributed by atoms with van der Waals surface area (Å²) in [4.78, 5) is 0. The van der Waals surface area contributed by atoms with E-state index in [0.717, 1.165) is 51.4 Å². The van der Waals surface area contributed by atoms with E-state index in [9.17, 15) is 8.42 Å². The van der Waals surface area contributed by atoms with Crippen molar-refractivity contribution in [3.8, 4) is 0 Å².